The number of likely N-dealkylation sites (tertiary alicyclic amines) is 1. The van der Waals surface area contributed by atoms with E-state index in [0.717, 1.165) is 42.4 Å². The van der Waals surface area contributed by atoms with Crippen LogP contribution >= 0.6 is 23.8 Å². The first-order valence-electron chi connectivity index (χ1n) is 11.9. The largest absolute Gasteiger partial charge is 0.341 e. The summed E-state index contributed by atoms with van der Waals surface area (Å²) in [6.45, 7) is 1.93. The quantitative estimate of drug-likeness (QED) is 0.356. The molecular weight excluding hydrogens is 480 g/mol. The van der Waals surface area contributed by atoms with E-state index in [1.807, 2.05) is 46.0 Å². The van der Waals surface area contributed by atoms with Crippen molar-refractivity contribution in [1.29, 1.82) is 0 Å². The lowest BCUT2D eigenvalue weighted by molar-refractivity contribution is -0.131. The van der Waals surface area contributed by atoms with Gasteiger partial charge in [0.05, 0.1) is 5.69 Å². The van der Waals surface area contributed by atoms with Gasteiger partial charge in [-0.1, -0.05) is 42.6 Å². The molecule has 2 aliphatic heterocycles. The van der Waals surface area contributed by atoms with Gasteiger partial charge >= 0.3 is 0 Å². The van der Waals surface area contributed by atoms with Crippen molar-refractivity contribution in [2.24, 2.45) is 0 Å². The third-order valence-corrected chi connectivity index (χ3v) is 7.43. The average Bonchev–Trinajstić information content (AvgIpc) is 3.13. The second kappa shape index (κ2) is 9.84. The molecule has 0 unspecified atom stereocenters. The van der Waals surface area contributed by atoms with Gasteiger partial charge in [0.2, 0.25) is 5.91 Å². The maximum Gasteiger partial charge on any atom is 0.281 e. The highest BCUT2D eigenvalue weighted by Crippen LogP contribution is 2.31. The van der Waals surface area contributed by atoms with E-state index < -0.39 is 0 Å². The van der Waals surface area contributed by atoms with E-state index in [0.29, 0.717) is 21.5 Å². The molecule has 0 aliphatic carbocycles. The number of para-hydroxylation sites is 1. The number of halogens is 1. The van der Waals surface area contributed by atoms with E-state index in [2.05, 4.69) is 0 Å². The molecule has 180 valence electrons. The monoisotopic (exact) mass is 506 g/mol. The van der Waals surface area contributed by atoms with Crippen LogP contribution in [0.25, 0.3) is 17.0 Å². The van der Waals surface area contributed by atoms with E-state index in [-0.39, 0.29) is 18.4 Å². The molecule has 8 heteroatoms. The standard InChI is InChI=1S/C27H27ClN4O2S/c1-29-24(26(34)32(27(29)35)21-12-10-20(28)11-13-21)16-19-17-31(23-9-5-4-8-22(19)23)18-25(33)30-14-6-2-3-7-15-30/h4-5,8-13,16-17H,2-3,6-7,14-15,18H2,1H3/b24-16-. The first-order chi connectivity index (χ1) is 16.9. The van der Waals surface area contributed by atoms with Crippen LogP contribution in [-0.4, -0.2) is 51.4 Å². The summed E-state index contributed by atoms with van der Waals surface area (Å²) in [7, 11) is 1.80. The highest BCUT2D eigenvalue weighted by molar-refractivity contribution is 7.80. The minimum Gasteiger partial charge on any atom is -0.341 e. The Bertz CT molecular complexity index is 1320. The molecule has 3 aromatic rings. The molecule has 0 radical (unpaired) electrons. The molecule has 2 aliphatic rings. The van der Waals surface area contributed by atoms with Crippen molar-refractivity contribution >= 4 is 63.4 Å². The summed E-state index contributed by atoms with van der Waals surface area (Å²) in [5.41, 5.74) is 2.99. The number of aromatic nitrogens is 1. The number of hydrogen-bond acceptors (Lipinski definition) is 3. The lowest BCUT2D eigenvalue weighted by atomic mass is 10.1. The van der Waals surface area contributed by atoms with Crippen molar-refractivity contribution in [3.05, 3.63) is 71.0 Å². The van der Waals surface area contributed by atoms with Crippen molar-refractivity contribution in [3.8, 4) is 0 Å². The van der Waals surface area contributed by atoms with Gasteiger partial charge < -0.3 is 14.4 Å². The summed E-state index contributed by atoms with van der Waals surface area (Å²) in [5.74, 6) is -0.0618. The number of hydrogen-bond donors (Lipinski definition) is 0. The van der Waals surface area contributed by atoms with Crippen molar-refractivity contribution in [2.75, 3.05) is 25.0 Å². The van der Waals surface area contributed by atoms with Crippen LogP contribution in [0, 0.1) is 0 Å². The van der Waals surface area contributed by atoms with Crippen molar-refractivity contribution < 1.29 is 9.59 Å². The Morgan fingerprint density at radius 1 is 1.03 bits per heavy atom. The van der Waals surface area contributed by atoms with Gasteiger partial charge in [-0.3, -0.25) is 14.5 Å². The number of nitrogens with zero attached hydrogens (tertiary/aromatic N) is 4. The summed E-state index contributed by atoms with van der Waals surface area (Å²) in [6.07, 6.45) is 8.32. The van der Waals surface area contributed by atoms with Crippen LogP contribution in [0.3, 0.4) is 0 Å². The Labute approximate surface area is 215 Å². The molecule has 0 spiro atoms. The zero-order valence-corrected chi connectivity index (χ0v) is 21.2. The summed E-state index contributed by atoms with van der Waals surface area (Å²) < 4.78 is 1.99. The van der Waals surface area contributed by atoms with Gasteiger partial charge in [0.1, 0.15) is 12.2 Å². The Kier molecular flexibility index (Phi) is 6.62. The maximum absolute atomic E-state index is 13.4. The Morgan fingerprint density at radius 3 is 2.43 bits per heavy atom. The van der Waals surface area contributed by atoms with Crippen LogP contribution < -0.4 is 4.90 Å². The van der Waals surface area contributed by atoms with Gasteiger partial charge in [-0.15, -0.1) is 0 Å². The highest BCUT2D eigenvalue weighted by atomic mass is 35.5. The van der Waals surface area contributed by atoms with Crippen molar-refractivity contribution in [2.45, 2.75) is 32.2 Å². The van der Waals surface area contributed by atoms with Gasteiger partial charge in [-0.2, -0.15) is 0 Å². The molecule has 0 saturated carbocycles. The fraction of sp³-hybridized carbons (Fsp3) is 0.296. The summed E-state index contributed by atoms with van der Waals surface area (Å²) in [6, 6.07) is 15.0. The van der Waals surface area contributed by atoms with Gasteiger partial charge in [0.25, 0.3) is 5.91 Å². The minimum absolute atomic E-state index is 0.135. The number of carbonyl (C=O) groups excluding carboxylic acids is 2. The molecule has 3 heterocycles. The molecule has 0 bridgehead atoms. The summed E-state index contributed by atoms with van der Waals surface area (Å²) >= 11 is 11.6. The number of fused-ring (bicyclic) bond motifs is 1. The molecule has 2 saturated heterocycles. The zero-order valence-electron chi connectivity index (χ0n) is 19.6. The maximum atomic E-state index is 13.4. The molecule has 0 N–H and O–H groups in total. The van der Waals surface area contributed by atoms with Crippen molar-refractivity contribution in [3.63, 3.8) is 0 Å². The van der Waals surface area contributed by atoms with E-state index in [1.54, 1.807) is 36.2 Å². The number of anilines is 1. The fourth-order valence-electron chi connectivity index (χ4n) is 4.81. The molecule has 2 amide bonds. The van der Waals surface area contributed by atoms with E-state index in [9.17, 15) is 9.59 Å². The van der Waals surface area contributed by atoms with Gasteiger partial charge in [0.15, 0.2) is 5.11 Å². The third kappa shape index (κ3) is 4.58. The lowest BCUT2D eigenvalue weighted by Crippen LogP contribution is -2.34. The molecular formula is C27H27ClN4O2S. The predicted molar refractivity (Wildman–Crippen MR) is 144 cm³/mol. The molecule has 2 aromatic carbocycles. The van der Waals surface area contributed by atoms with E-state index in [1.165, 1.54) is 17.7 Å². The molecule has 1 aromatic heterocycles. The van der Waals surface area contributed by atoms with Gasteiger partial charge in [0, 0.05) is 47.8 Å². The lowest BCUT2D eigenvalue weighted by Gasteiger charge is -2.20. The normalized spacial score (nSPS) is 18.1. The van der Waals surface area contributed by atoms with Crippen LogP contribution in [0.2, 0.25) is 5.02 Å². The highest BCUT2D eigenvalue weighted by Gasteiger charge is 2.37. The zero-order chi connectivity index (χ0) is 24.5. The van der Waals surface area contributed by atoms with Gasteiger partial charge in [-0.05, 0) is 61.5 Å². The second-order valence-electron chi connectivity index (χ2n) is 9.01. The van der Waals surface area contributed by atoms with Gasteiger partial charge in [-0.25, -0.2) is 0 Å². The van der Waals surface area contributed by atoms with Crippen LogP contribution in [0.4, 0.5) is 5.69 Å². The Morgan fingerprint density at radius 2 is 1.71 bits per heavy atom. The number of benzene rings is 2. The van der Waals surface area contributed by atoms with Crippen LogP contribution in [0.5, 0.6) is 0 Å². The molecule has 0 atom stereocenters. The van der Waals surface area contributed by atoms with Crippen LogP contribution in [0.1, 0.15) is 31.2 Å². The second-order valence-corrected chi connectivity index (χ2v) is 9.81. The van der Waals surface area contributed by atoms with Crippen LogP contribution in [0.15, 0.2) is 60.4 Å². The Balaban J connectivity index is 1.47. The first-order valence-corrected chi connectivity index (χ1v) is 12.7. The minimum atomic E-state index is -0.197. The molecule has 6 nitrogen and oxygen atoms in total. The van der Waals surface area contributed by atoms with Crippen LogP contribution in [-0.2, 0) is 16.1 Å². The SMILES string of the molecule is CN1C(=S)N(c2ccc(Cl)cc2)C(=O)/C1=C/c1cn(CC(=O)N2CCCCCC2)c2ccccc12. The van der Waals surface area contributed by atoms with E-state index in [4.69, 9.17) is 23.8 Å². The molecule has 35 heavy (non-hydrogen) atoms. The topological polar surface area (TPSA) is 48.8 Å². The fourth-order valence-corrected chi connectivity index (χ4v) is 5.22. The summed E-state index contributed by atoms with van der Waals surface area (Å²) in [4.78, 5) is 31.7. The van der Waals surface area contributed by atoms with E-state index >= 15 is 0 Å². The number of rotatable bonds is 4. The van der Waals surface area contributed by atoms with Crippen molar-refractivity contribution in [1.82, 2.24) is 14.4 Å². The number of thiocarbonyl (C=S) groups is 1. The number of likely N-dealkylation sites (N-methyl/N-ethyl adjacent to an activating group) is 1. The Hall–Kier alpha value is -3.16. The number of amides is 2. The summed E-state index contributed by atoms with van der Waals surface area (Å²) in [5, 5.41) is 1.99. The predicted octanol–water partition coefficient (Wildman–Crippen LogP) is 5.30. The molecule has 2 fully saturated rings. The molecule has 5 rings (SSSR count). The average molecular weight is 507 g/mol. The first kappa shape index (κ1) is 23.6. The number of carbonyl (C=O) groups is 2. The third-order valence-electron chi connectivity index (χ3n) is 6.72. The smallest absolute Gasteiger partial charge is 0.281 e.